The van der Waals surface area contributed by atoms with Crippen molar-refractivity contribution >= 4 is 69.9 Å². The summed E-state index contributed by atoms with van der Waals surface area (Å²) in [5, 5.41) is 18.3. The number of nitrogens with zero attached hydrogens (tertiary/aromatic N) is 4. The molecule has 0 atom stereocenters. The number of amides is 7. The van der Waals surface area contributed by atoms with Crippen molar-refractivity contribution in [3.05, 3.63) is 83.4 Å². The number of halogens is 1. The Hall–Kier alpha value is -6.23. The molecule has 4 aromatic heterocycles. The van der Waals surface area contributed by atoms with Crippen molar-refractivity contribution < 1.29 is 28.8 Å². The second-order valence-electron chi connectivity index (χ2n) is 10.9. The third-order valence-corrected chi connectivity index (χ3v) is 7.32. The maximum atomic E-state index is 13.2. The van der Waals surface area contributed by atoms with Crippen LogP contribution in [0.1, 0.15) is 42.0 Å². The topological polar surface area (TPSA) is 206 Å². The first kappa shape index (κ1) is 35.6. The van der Waals surface area contributed by atoms with Crippen LogP contribution in [0.2, 0.25) is 0 Å². The minimum Gasteiger partial charge on any atom is -0.349 e. The number of hydrogen-bond acceptors (Lipinski definition) is 6. The highest BCUT2D eigenvalue weighted by Crippen LogP contribution is 2.21. The maximum absolute atomic E-state index is 13.2. The van der Waals surface area contributed by atoms with Gasteiger partial charge in [0.15, 0.2) is 0 Å². The van der Waals surface area contributed by atoms with Crippen LogP contribution in [0.25, 0.3) is 0 Å². The lowest BCUT2D eigenvalue weighted by atomic mass is 10.3. The van der Waals surface area contributed by atoms with E-state index < -0.39 is 23.6 Å². The van der Waals surface area contributed by atoms with Crippen molar-refractivity contribution in [1.29, 1.82) is 0 Å². The number of rotatable bonds is 12. The van der Waals surface area contributed by atoms with Crippen LogP contribution in [0.15, 0.2) is 60.7 Å². The summed E-state index contributed by atoms with van der Waals surface area (Å²) in [5.74, 6) is -2.43. The van der Waals surface area contributed by atoms with Gasteiger partial charge in [-0.3, -0.25) is 24.0 Å². The van der Waals surface area contributed by atoms with Crippen LogP contribution >= 0.6 is 11.6 Å². The van der Waals surface area contributed by atoms with Gasteiger partial charge < -0.3 is 55.5 Å². The molecule has 4 heterocycles. The van der Waals surface area contributed by atoms with E-state index in [2.05, 4.69) is 43.8 Å². The summed E-state index contributed by atoms with van der Waals surface area (Å²) in [6.07, 6.45) is 6.26. The molecule has 4 aromatic rings. The van der Waals surface area contributed by atoms with Crippen molar-refractivity contribution in [2.75, 3.05) is 41.4 Å². The Bertz CT molecular complexity index is 1960. The van der Waals surface area contributed by atoms with Gasteiger partial charge in [-0.05, 0) is 24.3 Å². The molecular weight excluding hydrogens is 658 g/mol. The van der Waals surface area contributed by atoms with Crippen LogP contribution in [0.3, 0.4) is 0 Å². The van der Waals surface area contributed by atoms with Gasteiger partial charge in [0.1, 0.15) is 22.8 Å². The minimum atomic E-state index is -0.595. The summed E-state index contributed by atoms with van der Waals surface area (Å²) >= 11 is 5.61. The van der Waals surface area contributed by atoms with Crippen molar-refractivity contribution in [2.45, 2.75) is 0 Å². The largest absolute Gasteiger partial charge is 0.349 e. The number of aryl methyl sites for hydroxylation is 4. The Morgan fingerprint density at radius 2 is 0.898 bits per heavy atom. The Balaban J connectivity index is 1.36. The Morgan fingerprint density at radius 3 is 1.24 bits per heavy atom. The van der Waals surface area contributed by atoms with Gasteiger partial charge in [0, 0.05) is 73.1 Å². The Labute approximate surface area is 285 Å². The molecule has 17 nitrogen and oxygen atoms in total. The number of carbonyl (C=O) groups excluding carboxylic acids is 6. The summed E-state index contributed by atoms with van der Waals surface area (Å²) < 4.78 is 6.15. The highest BCUT2D eigenvalue weighted by Gasteiger charge is 2.20. The first-order valence-corrected chi connectivity index (χ1v) is 15.0. The lowest BCUT2D eigenvalue weighted by molar-refractivity contribution is -0.112. The minimum absolute atomic E-state index is 0.198. The molecule has 0 unspecified atom stereocenters. The summed E-state index contributed by atoms with van der Waals surface area (Å²) in [6.45, 7) is 3.81. The van der Waals surface area contributed by atoms with E-state index >= 15 is 0 Å². The molecule has 0 bridgehead atoms. The first-order chi connectivity index (χ1) is 23.2. The van der Waals surface area contributed by atoms with Crippen molar-refractivity contribution in [2.24, 2.45) is 28.2 Å². The van der Waals surface area contributed by atoms with Gasteiger partial charge in [0.25, 0.3) is 29.5 Å². The predicted octanol–water partition coefficient (Wildman–Crippen LogP) is 2.15. The molecule has 7 amide bonds. The average Bonchev–Trinajstić information content (AvgIpc) is 3.80. The van der Waals surface area contributed by atoms with Gasteiger partial charge in [-0.1, -0.05) is 18.2 Å². The van der Waals surface area contributed by atoms with Gasteiger partial charge in [-0.15, -0.1) is 0 Å². The van der Waals surface area contributed by atoms with Crippen LogP contribution < -0.4 is 37.2 Å². The first-order valence-electron chi connectivity index (χ1n) is 14.7. The van der Waals surface area contributed by atoms with E-state index in [9.17, 15) is 28.8 Å². The normalized spacial score (nSPS) is 10.6. The fourth-order valence-electron chi connectivity index (χ4n) is 4.75. The molecule has 4 rings (SSSR count). The zero-order valence-corrected chi connectivity index (χ0v) is 28.1. The molecule has 0 saturated carbocycles. The van der Waals surface area contributed by atoms with Gasteiger partial charge in [-0.25, -0.2) is 4.79 Å². The second kappa shape index (κ2) is 15.1. The van der Waals surface area contributed by atoms with E-state index in [1.54, 1.807) is 57.5 Å². The highest BCUT2D eigenvalue weighted by atomic mass is 35.5. The molecule has 7 N–H and O–H groups in total. The molecule has 0 fully saturated rings. The quantitative estimate of drug-likeness (QED) is 0.0874. The van der Waals surface area contributed by atoms with E-state index in [1.807, 2.05) is 0 Å². The molecule has 0 radical (unpaired) electrons. The van der Waals surface area contributed by atoms with Gasteiger partial charge in [0.05, 0.1) is 27.8 Å². The number of nitrogens with one attached hydrogen (secondary N) is 7. The van der Waals surface area contributed by atoms with E-state index in [0.29, 0.717) is 28.4 Å². The molecule has 0 saturated heterocycles. The highest BCUT2D eigenvalue weighted by molar-refractivity contribution is 6.43. The third kappa shape index (κ3) is 8.77. The molecule has 0 aliphatic rings. The average molecular weight is 694 g/mol. The standard InChI is InChI=1S/C31H36ClN11O6/c1-17(32)26(44)36-18-10-23(41(4)13-18)28(46)38-20-12-25(43(6)15-20)30(48)39-21-11-24(42(5)16-21)29(47)37-19-9-22(40(3)14-19)27(45)34-7-8-35-31(49)33-2/h9-16H,1,7-8H2,2-6H3,(H,34,45)(H,36,44)(H,37,47)(H,38,46)(H,39,48)(H2,33,35,49). The summed E-state index contributed by atoms with van der Waals surface area (Å²) in [5.41, 5.74) is 2.42. The van der Waals surface area contributed by atoms with E-state index in [-0.39, 0.29) is 47.1 Å². The SMILES string of the molecule is C=C(Cl)C(=O)Nc1cc(C(=O)Nc2cc(C(=O)Nc3cc(C(=O)Nc4cc(C(=O)NCCNC(=O)NC)n(C)c4)n(C)c3)n(C)c2)n(C)c1. The Morgan fingerprint density at radius 1 is 0.571 bits per heavy atom. The van der Waals surface area contributed by atoms with Crippen LogP contribution in [-0.2, 0) is 33.0 Å². The number of aromatic nitrogens is 4. The number of carbonyl (C=O) groups is 6. The van der Waals surface area contributed by atoms with E-state index in [0.717, 1.165) is 0 Å². The fourth-order valence-corrected chi connectivity index (χ4v) is 4.80. The maximum Gasteiger partial charge on any atom is 0.314 e. The zero-order valence-electron chi connectivity index (χ0n) is 27.4. The lowest BCUT2D eigenvalue weighted by Crippen LogP contribution is -2.39. The second-order valence-corrected chi connectivity index (χ2v) is 11.3. The molecule has 0 aromatic carbocycles. The van der Waals surface area contributed by atoms with Crippen LogP contribution in [0.5, 0.6) is 0 Å². The summed E-state index contributed by atoms with van der Waals surface area (Å²) in [7, 11) is 8.06. The molecular formula is C31H36ClN11O6. The Kier molecular flexibility index (Phi) is 11.0. The number of hydrogen-bond donors (Lipinski definition) is 7. The molecule has 258 valence electrons. The third-order valence-electron chi connectivity index (χ3n) is 7.15. The smallest absolute Gasteiger partial charge is 0.314 e. The van der Waals surface area contributed by atoms with Crippen molar-refractivity contribution in [3.63, 3.8) is 0 Å². The summed E-state index contributed by atoms with van der Waals surface area (Å²) in [6, 6.07) is 5.62. The molecule has 18 heteroatoms. The molecule has 0 spiro atoms. The predicted molar refractivity (Wildman–Crippen MR) is 184 cm³/mol. The lowest BCUT2D eigenvalue weighted by Gasteiger charge is -2.07. The van der Waals surface area contributed by atoms with Gasteiger partial charge in [-0.2, -0.15) is 0 Å². The van der Waals surface area contributed by atoms with Gasteiger partial charge >= 0.3 is 6.03 Å². The van der Waals surface area contributed by atoms with E-state index in [1.165, 1.54) is 45.0 Å². The van der Waals surface area contributed by atoms with Gasteiger partial charge in [0.2, 0.25) is 0 Å². The summed E-state index contributed by atoms with van der Waals surface area (Å²) in [4.78, 5) is 74.8. The van der Waals surface area contributed by atoms with Crippen LogP contribution in [0, 0.1) is 0 Å². The molecule has 0 aliphatic carbocycles. The van der Waals surface area contributed by atoms with Crippen LogP contribution in [-0.4, -0.2) is 74.0 Å². The molecule has 49 heavy (non-hydrogen) atoms. The van der Waals surface area contributed by atoms with Crippen molar-refractivity contribution in [1.82, 2.24) is 34.2 Å². The zero-order chi connectivity index (χ0) is 36.0. The molecule has 0 aliphatic heterocycles. The number of anilines is 4. The van der Waals surface area contributed by atoms with E-state index in [4.69, 9.17) is 11.6 Å². The monoisotopic (exact) mass is 693 g/mol. The van der Waals surface area contributed by atoms with Crippen molar-refractivity contribution in [3.8, 4) is 0 Å². The fraction of sp³-hybridized carbons (Fsp3) is 0.226. The number of urea groups is 1. The van der Waals surface area contributed by atoms with Crippen LogP contribution in [0.4, 0.5) is 27.5 Å².